The molecule has 96 valence electrons. The minimum Gasteiger partial charge on any atom is -0.358 e. The van der Waals surface area contributed by atoms with Crippen molar-refractivity contribution in [3.63, 3.8) is 0 Å². The number of hydrogen-bond acceptors (Lipinski definition) is 2. The second-order valence-electron chi connectivity index (χ2n) is 4.81. The van der Waals surface area contributed by atoms with Crippen molar-refractivity contribution in [3.8, 4) is 0 Å². The molecule has 0 saturated carbocycles. The van der Waals surface area contributed by atoms with Crippen LogP contribution in [0.1, 0.15) is 17.0 Å². The number of H-pyrrole nitrogens is 1. The number of fused-ring (bicyclic) bond motifs is 3. The number of aromatic nitrogens is 2. The van der Waals surface area contributed by atoms with Gasteiger partial charge in [-0.3, -0.25) is 9.78 Å². The Morgan fingerprint density at radius 1 is 1.11 bits per heavy atom. The van der Waals surface area contributed by atoms with Gasteiger partial charge >= 0.3 is 0 Å². The summed E-state index contributed by atoms with van der Waals surface area (Å²) in [5, 5.41) is 1.69. The molecule has 0 unspecified atom stereocenters. The van der Waals surface area contributed by atoms with Crippen molar-refractivity contribution in [1.82, 2.24) is 9.97 Å². The van der Waals surface area contributed by atoms with Gasteiger partial charge in [0.2, 0.25) is 0 Å². The summed E-state index contributed by atoms with van der Waals surface area (Å²) < 4.78 is 14.1. The maximum atomic E-state index is 14.1. The predicted octanol–water partition coefficient (Wildman–Crippen LogP) is 3.14. The minimum absolute atomic E-state index is 0.0193. The van der Waals surface area contributed by atoms with E-state index in [9.17, 15) is 9.18 Å². The van der Waals surface area contributed by atoms with Gasteiger partial charge < -0.3 is 4.98 Å². The van der Waals surface area contributed by atoms with E-state index >= 15 is 0 Å². The van der Waals surface area contributed by atoms with Crippen molar-refractivity contribution in [2.24, 2.45) is 0 Å². The molecule has 0 atom stereocenters. The zero-order chi connectivity index (χ0) is 13.7. The van der Waals surface area contributed by atoms with Crippen LogP contribution in [-0.4, -0.2) is 9.97 Å². The molecule has 0 aliphatic heterocycles. The summed E-state index contributed by atoms with van der Waals surface area (Å²) in [7, 11) is 0. The van der Waals surface area contributed by atoms with Crippen molar-refractivity contribution in [2.75, 3.05) is 0 Å². The van der Waals surface area contributed by atoms with Crippen molar-refractivity contribution in [1.29, 1.82) is 0 Å². The molecule has 0 bridgehead atoms. The number of hydrogen-bond donors (Lipinski definition) is 1. The molecule has 0 fully saturated rings. The second-order valence-corrected chi connectivity index (χ2v) is 4.81. The van der Waals surface area contributed by atoms with Gasteiger partial charge in [0.05, 0.1) is 11.2 Å². The molecule has 0 amide bonds. The van der Waals surface area contributed by atoms with Gasteiger partial charge in [0, 0.05) is 33.6 Å². The Balaban J connectivity index is 2.62. The molecule has 0 saturated heterocycles. The molecule has 0 aliphatic carbocycles. The Hall–Kier alpha value is -2.23. The largest absolute Gasteiger partial charge is 0.358 e. The second kappa shape index (κ2) is 3.88. The summed E-state index contributed by atoms with van der Waals surface area (Å²) in [5.74, 6) is -0.335. The van der Waals surface area contributed by atoms with Crippen molar-refractivity contribution in [3.05, 3.63) is 51.3 Å². The summed E-state index contributed by atoms with van der Waals surface area (Å²) in [4.78, 5) is 19.4. The summed E-state index contributed by atoms with van der Waals surface area (Å²) in [6.45, 7) is 5.25. The van der Waals surface area contributed by atoms with Crippen LogP contribution in [0.3, 0.4) is 0 Å². The molecular weight excluding hydrogens is 243 g/mol. The highest BCUT2D eigenvalue weighted by molar-refractivity contribution is 6.05. The SMILES string of the molecule is Cc1ncc2c(ccc3c(=O)c(C)c(C)[nH]c32)c1F. The van der Waals surface area contributed by atoms with Crippen LogP contribution >= 0.6 is 0 Å². The van der Waals surface area contributed by atoms with Crippen LogP contribution in [0.2, 0.25) is 0 Å². The lowest BCUT2D eigenvalue weighted by Gasteiger charge is -2.08. The van der Waals surface area contributed by atoms with E-state index in [4.69, 9.17) is 0 Å². The maximum Gasteiger partial charge on any atom is 0.192 e. The van der Waals surface area contributed by atoms with Crippen LogP contribution in [0.4, 0.5) is 4.39 Å². The van der Waals surface area contributed by atoms with Crippen LogP contribution in [0.25, 0.3) is 21.7 Å². The fourth-order valence-corrected chi connectivity index (χ4v) is 2.34. The lowest BCUT2D eigenvalue weighted by molar-refractivity contribution is 0.622. The standard InChI is InChI=1S/C15H13FN2O/c1-7-8(2)18-14-11(15(7)19)5-4-10-12(14)6-17-9(3)13(10)16/h4-6H,1-3H3,(H,18,19). The van der Waals surface area contributed by atoms with Gasteiger partial charge in [0.1, 0.15) is 0 Å². The van der Waals surface area contributed by atoms with Gasteiger partial charge in [-0.2, -0.15) is 0 Å². The van der Waals surface area contributed by atoms with Crippen molar-refractivity contribution in [2.45, 2.75) is 20.8 Å². The number of aromatic amines is 1. The minimum atomic E-state index is -0.335. The topological polar surface area (TPSA) is 45.8 Å². The Morgan fingerprint density at radius 3 is 2.53 bits per heavy atom. The molecule has 0 spiro atoms. The third-order valence-corrected chi connectivity index (χ3v) is 3.65. The van der Waals surface area contributed by atoms with Crippen LogP contribution in [0.5, 0.6) is 0 Å². The first-order chi connectivity index (χ1) is 9.00. The van der Waals surface area contributed by atoms with Crippen LogP contribution in [0, 0.1) is 26.6 Å². The smallest absolute Gasteiger partial charge is 0.192 e. The van der Waals surface area contributed by atoms with Gasteiger partial charge in [-0.1, -0.05) is 6.07 Å². The van der Waals surface area contributed by atoms with Crippen LogP contribution in [-0.2, 0) is 0 Å². The average Bonchev–Trinajstić information content (AvgIpc) is 2.40. The Bertz CT molecular complexity index is 881. The molecule has 1 aromatic carbocycles. The van der Waals surface area contributed by atoms with E-state index in [1.807, 2.05) is 6.92 Å². The van der Waals surface area contributed by atoms with Gasteiger partial charge in [0.25, 0.3) is 0 Å². The molecule has 3 aromatic rings. The van der Waals surface area contributed by atoms with Gasteiger partial charge in [0.15, 0.2) is 11.2 Å². The van der Waals surface area contributed by atoms with Gasteiger partial charge in [-0.15, -0.1) is 0 Å². The number of benzene rings is 1. The fourth-order valence-electron chi connectivity index (χ4n) is 2.34. The molecule has 2 aromatic heterocycles. The van der Waals surface area contributed by atoms with E-state index < -0.39 is 0 Å². The normalized spacial score (nSPS) is 11.4. The molecule has 3 rings (SSSR count). The highest BCUT2D eigenvalue weighted by atomic mass is 19.1. The van der Waals surface area contributed by atoms with Crippen LogP contribution < -0.4 is 5.43 Å². The quantitative estimate of drug-likeness (QED) is 0.628. The molecule has 2 heterocycles. The predicted molar refractivity (Wildman–Crippen MR) is 74.0 cm³/mol. The van der Waals surface area contributed by atoms with E-state index in [1.54, 1.807) is 32.2 Å². The van der Waals surface area contributed by atoms with E-state index in [-0.39, 0.29) is 11.2 Å². The highest BCUT2D eigenvalue weighted by Crippen LogP contribution is 2.25. The molecule has 0 aliphatic rings. The summed E-state index contributed by atoms with van der Waals surface area (Å²) >= 11 is 0. The first-order valence-corrected chi connectivity index (χ1v) is 6.07. The van der Waals surface area contributed by atoms with E-state index in [2.05, 4.69) is 9.97 Å². The molecular formula is C15H13FN2O. The zero-order valence-corrected chi connectivity index (χ0v) is 11.0. The Morgan fingerprint density at radius 2 is 1.79 bits per heavy atom. The monoisotopic (exact) mass is 256 g/mol. The number of aryl methyl sites for hydroxylation is 2. The summed E-state index contributed by atoms with van der Waals surface area (Å²) in [6, 6.07) is 3.32. The zero-order valence-electron chi connectivity index (χ0n) is 11.0. The third kappa shape index (κ3) is 1.56. The lowest BCUT2D eigenvalue weighted by Crippen LogP contribution is -2.10. The Kier molecular flexibility index (Phi) is 2.42. The molecule has 3 nitrogen and oxygen atoms in total. The fraction of sp³-hybridized carbons (Fsp3) is 0.200. The van der Waals surface area contributed by atoms with E-state index in [0.29, 0.717) is 32.9 Å². The Labute approximate surface area is 109 Å². The van der Waals surface area contributed by atoms with Gasteiger partial charge in [-0.05, 0) is 26.8 Å². The molecule has 0 radical (unpaired) electrons. The molecule has 19 heavy (non-hydrogen) atoms. The maximum absolute atomic E-state index is 14.1. The summed E-state index contributed by atoms with van der Waals surface area (Å²) in [6.07, 6.45) is 1.61. The third-order valence-electron chi connectivity index (χ3n) is 3.65. The first kappa shape index (κ1) is 11.8. The van der Waals surface area contributed by atoms with Crippen molar-refractivity contribution < 1.29 is 4.39 Å². The summed E-state index contributed by atoms with van der Waals surface area (Å²) in [5.41, 5.74) is 2.47. The first-order valence-electron chi connectivity index (χ1n) is 6.07. The molecule has 1 N–H and O–H groups in total. The number of pyridine rings is 2. The van der Waals surface area contributed by atoms with Crippen molar-refractivity contribution >= 4 is 21.7 Å². The number of nitrogens with one attached hydrogen (secondary N) is 1. The lowest BCUT2D eigenvalue weighted by atomic mass is 10.0. The highest BCUT2D eigenvalue weighted by Gasteiger charge is 2.12. The van der Waals surface area contributed by atoms with Gasteiger partial charge in [-0.25, -0.2) is 4.39 Å². The van der Waals surface area contributed by atoms with Crippen LogP contribution in [0.15, 0.2) is 23.1 Å². The van der Waals surface area contributed by atoms with E-state index in [0.717, 1.165) is 5.69 Å². The molecule has 4 heteroatoms. The number of rotatable bonds is 0. The number of nitrogens with zero attached hydrogens (tertiary/aromatic N) is 1. The average molecular weight is 256 g/mol. The number of halogens is 1. The van der Waals surface area contributed by atoms with E-state index in [1.165, 1.54) is 0 Å².